The molecule has 0 saturated carbocycles. The summed E-state index contributed by atoms with van der Waals surface area (Å²) >= 11 is 0. The van der Waals surface area contributed by atoms with E-state index in [0.29, 0.717) is 11.3 Å². The Hall–Kier alpha value is -2.02. The Morgan fingerprint density at radius 2 is 2.38 bits per heavy atom. The van der Waals surface area contributed by atoms with Crippen molar-refractivity contribution in [1.82, 2.24) is 10.2 Å². The second kappa shape index (κ2) is 2.79. The van der Waals surface area contributed by atoms with Gasteiger partial charge in [-0.25, -0.2) is 0 Å². The summed E-state index contributed by atoms with van der Waals surface area (Å²) in [5.41, 5.74) is 1.40. The lowest BCUT2D eigenvalue weighted by Crippen LogP contribution is -1.87. The van der Waals surface area contributed by atoms with Gasteiger partial charge in [0.2, 0.25) is 0 Å². The summed E-state index contributed by atoms with van der Waals surface area (Å²) in [5, 5.41) is 16.4. The Bertz CT molecular complexity index is 481. The number of nitriles is 1. The molecule has 1 heterocycles. The summed E-state index contributed by atoms with van der Waals surface area (Å²) in [7, 11) is 1.54. The van der Waals surface area contributed by atoms with Crippen LogP contribution in [0.1, 0.15) is 5.56 Å². The van der Waals surface area contributed by atoms with Gasteiger partial charge in [0.05, 0.1) is 24.4 Å². The zero-order chi connectivity index (χ0) is 9.26. The molecule has 4 nitrogen and oxygen atoms in total. The molecule has 0 spiro atoms. The highest BCUT2D eigenvalue weighted by atomic mass is 16.5. The quantitative estimate of drug-likeness (QED) is 0.709. The van der Waals surface area contributed by atoms with E-state index in [2.05, 4.69) is 16.3 Å². The van der Waals surface area contributed by atoms with E-state index in [0.717, 1.165) is 10.9 Å². The van der Waals surface area contributed by atoms with Gasteiger partial charge in [0.25, 0.3) is 0 Å². The third kappa shape index (κ3) is 1.11. The maximum atomic E-state index is 8.79. The van der Waals surface area contributed by atoms with Gasteiger partial charge < -0.3 is 4.74 Å². The van der Waals surface area contributed by atoms with Crippen molar-refractivity contribution in [3.05, 3.63) is 23.9 Å². The number of ether oxygens (including phenoxy) is 1. The number of methoxy groups -OCH3 is 1. The summed E-state index contributed by atoms with van der Waals surface area (Å²) in [5.74, 6) is 0.569. The van der Waals surface area contributed by atoms with E-state index in [1.807, 2.05) is 0 Å². The van der Waals surface area contributed by atoms with Crippen LogP contribution in [0.15, 0.2) is 18.3 Å². The summed E-state index contributed by atoms with van der Waals surface area (Å²) < 4.78 is 5.04. The Morgan fingerprint density at radius 3 is 3.08 bits per heavy atom. The molecule has 0 aliphatic heterocycles. The van der Waals surface area contributed by atoms with Crippen LogP contribution in [0, 0.1) is 11.3 Å². The first kappa shape index (κ1) is 7.62. The average molecular weight is 173 g/mol. The number of hydrogen-bond acceptors (Lipinski definition) is 3. The van der Waals surface area contributed by atoms with Crippen molar-refractivity contribution in [3.63, 3.8) is 0 Å². The molecule has 1 N–H and O–H groups in total. The lowest BCUT2D eigenvalue weighted by atomic mass is 10.1. The summed E-state index contributed by atoms with van der Waals surface area (Å²) in [6, 6.07) is 5.57. The fourth-order valence-electron chi connectivity index (χ4n) is 1.23. The van der Waals surface area contributed by atoms with Gasteiger partial charge in [0.15, 0.2) is 0 Å². The number of benzene rings is 1. The fraction of sp³-hybridized carbons (Fsp3) is 0.111. The molecule has 0 aliphatic carbocycles. The fourth-order valence-corrected chi connectivity index (χ4v) is 1.23. The molecule has 13 heavy (non-hydrogen) atoms. The molecule has 4 heteroatoms. The van der Waals surface area contributed by atoms with E-state index < -0.39 is 0 Å². The second-order valence-corrected chi connectivity index (χ2v) is 2.62. The van der Waals surface area contributed by atoms with Crippen LogP contribution in [0.3, 0.4) is 0 Å². The van der Waals surface area contributed by atoms with Crippen LogP contribution >= 0.6 is 0 Å². The highest BCUT2D eigenvalue weighted by molar-refractivity contribution is 5.81. The number of hydrogen-bond donors (Lipinski definition) is 1. The molecule has 0 saturated heterocycles. The van der Waals surface area contributed by atoms with Crippen LogP contribution in [0.2, 0.25) is 0 Å². The predicted octanol–water partition coefficient (Wildman–Crippen LogP) is 1.44. The Kier molecular flexibility index (Phi) is 1.64. The van der Waals surface area contributed by atoms with Crippen molar-refractivity contribution in [2.75, 3.05) is 7.11 Å². The van der Waals surface area contributed by atoms with Gasteiger partial charge in [0.1, 0.15) is 11.8 Å². The van der Waals surface area contributed by atoms with Gasteiger partial charge in [-0.2, -0.15) is 10.4 Å². The molecule has 2 aromatic rings. The maximum absolute atomic E-state index is 8.79. The molecular weight excluding hydrogens is 166 g/mol. The molecule has 0 unspecified atom stereocenters. The number of H-pyrrole nitrogens is 1. The molecule has 0 aliphatic rings. The zero-order valence-electron chi connectivity index (χ0n) is 7.03. The molecule has 0 amide bonds. The third-order valence-corrected chi connectivity index (χ3v) is 1.88. The standard InChI is InChI=1S/C9H7N3O/c1-13-9-3-8-7(5-11-12-8)2-6(9)4-10/h2-3,5H,1H3,(H,11,12). The topological polar surface area (TPSA) is 61.7 Å². The third-order valence-electron chi connectivity index (χ3n) is 1.88. The lowest BCUT2D eigenvalue weighted by Gasteiger charge is -2.01. The van der Waals surface area contributed by atoms with E-state index in [-0.39, 0.29) is 0 Å². The van der Waals surface area contributed by atoms with Gasteiger partial charge in [-0.3, -0.25) is 5.10 Å². The molecule has 1 aromatic carbocycles. The smallest absolute Gasteiger partial charge is 0.138 e. The minimum absolute atomic E-state index is 0.524. The van der Waals surface area contributed by atoms with Crippen molar-refractivity contribution in [1.29, 1.82) is 5.26 Å². The van der Waals surface area contributed by atoms with Crippen molar-refractivity contribution < 1.29 is 4.74 Å². The van der Waals surface area contributed by atoms with Crippen molar-refractivity contribution in [2.24, 2.45) is 0 Å². The normalized spacial score (nSPS) is 9.85. The van der Waals surface area contributed by atoms with Crippen LogP contribution in [0.4, 0.5) is 0 Å². The number of nitrogens with zero attached hydrogens (tertiary/aromatic N) is 2. The Labute approximate surface area is 74.7 Å². The largest absolute Gasteiger partial charge is 0.495 e. The van der Waals surface area contributed by atoms with Gasteiger partial charge in [0, 0.05) is 11.5 Å². The zero-order valence-corrected chi connectivity index (χ0v) is 7.03. The van der Waals surface area contributed by atoms with E-state index >= 15 is 0 Å². The Morgan fingerprint density at radius 1 is 1.54 bits per heavy atom. The Balaban J connectivity index is 2.76. The number of aromatic amines is 1. The summed E-state index contributed by atoms with van der Waals surface area (Å²) in [4.78, 5) is 0. The van der Waals surface area contributed by atoms with Crippen LogP contribution in [0.5, 0.6) is 5.75 Å². The predicted molar refractivity (Wildman–Crippen MR) is 47.4 cm³/mol. The molecule has 0 fully saturated rings. The number of rotatable bonds is 1. The average Bonchev–Trinajstić information content (AvgIpc) is 2.62. The molecule has 0 atom stereocenters. The van der Waals surface area contributed by atoms with E-state index in [9.17, 15) is 0 Å². The molecular formula is C9H7N3O. The minimum atomic E-state index is 0.524. The number of nitrogens with one attached hydrogen (secondary N) is 1. The van der Waals surface area contributed by atoms with Gasteiger partial charge >= 0.3 is 0 Å². The highest BCUT2D eigenvalue weighted by Crippen LogP contribution is 2.23. The van der Waals surface area contributed by atoms with E-state index in [1.54, 1.807) is 25.4 Å². The number of fused-ring (bicyclic) bond motifs is 1. The molecule has 0 bridgehead atoms. The first-order valence-corrected chi connectivity index (χ1v) is 3.76. The van der Waals surface area contributed by atoms with Crippen LogP contribution in [0.25, 0.3) is 10.9 Å². The van der Waals surface area contributed by atoms with Crippen LogP contribution < -0.4 is 4.74 Å². The van der Waals surface area contributed by atoms with Gasteiger partial charge in [-0.15, -0.1) is 0 Å². The van der Waals surface area contributed by atoms with Crippen LogP contribution in [-0.2, 0) is 0 Å². The van der Waals surface area contributed by atoms with Gasteiger partial charge in [-0.1, -0.05) is 0 Å². The summed E-state index contributed by atoms with van der Waals surface area (Å²) in [6.07, 6.45) is 1.68. The number of aromatic nitrogens is 2. The van der Waals surface area contributed by atoms with Crippen molar-refractivity contribution in [3.8, 4) is 11.8 Å². The maximum Gasteiger partial charge on any atom is 0.138 e. The first-order valence-electron chi connectivity index (χ1n) is 3.76. The highest BCUT2D eigenvalue weighted by Gasteiger charge is 2.05. The minimum Gasteiger partial charge on any atom is -0.495 e. The summed E-state index contributed by atoms with van der Waals surface area (Å²) in [6.45, 7) is 0. The second-order valence-electron chi connectivity index (χ2n) is 2.62. The monoisotopic (exact) mass is 173 g/mol. The van der Waals surface area contributed by atoms with Gasteiger partial charge in [-0.05, 0) is 6.07 Å². The molecule has 64 valence electrons. The van der Waals surface area contributed by atoms with Crippen molar-refractivity contribution in [2.45, 2.75) is 0 Å². The van der Waals surface area contributed by atoms with E-state index in [4.69, 9.17) is 10.00 Å². The van der Waals surface area contributed by atoms with Crippen molar-refractivity contribution >= 4 is 10.9 Å². The SMILES string of the molecule is COc1cc2[nH]ncc2cc1C#N. The molecule has 1 aromatic heterocycles. The lowest BCUT2D eigenvalue weighted by molar-refractivity contribution is 0.414. The molecule has 0 radical (unpaired) electrons. The first-order chi connectivity index (χ1) is 6.35. The van der Waals surface area contributed by atoms with E-state index in [1.165, 1.54) is 0 Å². The molecule has 2 rings (SSSR count). The van der Waals surface area contributed by atoms with Crippen LogP contribution in [-0.4, -0.2) is 17.3 Å².